The monoisotopic (exact) mass is 268 g/mol. The molecule has 108 valence electrons. The lowest BCUT2D eigenvalue weighted by Crippen LogP contribution is -2.49. The van der Waals surface area contributed by atoms with E-state index >= 15 is 0 Å². The Labute approximate surface area is 114 Å². The van der Waals surface area contributed by atoms with Crippen LogP contribution in [0.3, 0.4) is 0 Å². The molecule has 3 heterocycles. The third-order valence-electron chi connectivity index (χ3n) is 5.29. The van der Waals surface area contributed by atoms with Crippen LogP contribution in [0.5, 0.6) is 0 Å². The third kappa shape index (κ3) is 2.44. The van der Waals surface area contributed by atoms with E-state index in [0.29, 0.717) is 24.2 Å². The summed E-state index contributed by atoms with van der Waals surface area (Å²) in [5.41, 5.74) is 0.210. The molecule has 0 bridgehead atoms. The summed E-state index contributed by atoms with van der Waals surface area (Å²) in [6, 6.07) is 0. The minimum Gasteiger partial charge on any atom is -0.378 e. The molecule has 4 fully saturated rings. The minimum atomic E-state index is 0.00826. The predicted octanol–water partition coefficient (Wildman–Crippen LogP) is 2.11. The number of hydrogen-bond acceptors (Lipinski definition) is 4. The molecule has 4 rings (SSSR count). The van der Waals surface area contributed by atoms with Crippen molar-refractivity contribution in [2.24, 2.45) is 11.3 Å². The molecule has 4 aliphatic rings. The molecule has 4 nitrogen and oxygen atoms in total. The summed E-state index contributed by atoms with van der Waals surface area (Å²) < 4.78 is 23.4. The van der Waals surface area contributed by atoms with E-state index in [1.165, 1.54) is 12.8 Å². The molecule has 4 atom stereocenters. The summed E-state index contributed by atoms with van der Waals surface area (Å²) in [6.45, 7) is 4.69. The predicted molar refractivity (Wildman–Crippen MR) is 68.8 cm³/mol. The van der Waals surface area contributed by atoms with Crippen molar-refractivity contribution in [2.75, 3.05) is 19.8 Å². The summed E-state index contributed by atoms with van der Waals surface area (Å²) in [4.78, 5) is 0. The van der Waals surface area contributed by atoms with Crippen LogP contribution in [0.25, 0.3) is 0 Å². The Kier molecular flexibility index (Phi) is 3.10. The maximum Gasteiger partial charge on any atom is 0.160 e. The first-order chi connectivity index (χ1) is 9.24. The van der Waals surface area contributed by atoms with Crippen LogP contribution in [0.2, 0.25) is 0 Å². The van der Waals surface area contributed by atoms with Crippen LogP contribution in [-0.2, 0) is 18.9 Å². The quantitative estimate of drug-likeness (QED) is 0.683. The first-order valence-electron chi connectivity index (χ1n) is 7.74. The fourth-order valence-electron chi connectivity index (χ4n) is 4.07. The van der Waals surface area contributed by atoms with E-state index in [2.05, 4.69) is 6.92 Å². The highest BCUT2D eigenvalue weighted by molar-refractivity contribution is 4.94. The lowest BCUT2D eigenvalue weighted by Gasteiger charge is -2.45. The molecule has 0 radical (unpaired) electrons. The van der Waals surface area contributed by atoms with Crippen molar-refractivity contribution < 1.29 is 18.9 Å². The average Bonchev–Trinajstić information content (AvgIpc) is 3.17. The lowest BCUT2D eigenvalue weighted by atomic mass is 9.78. The van der Waals surface area contributed by atoms with E-state index in [1.54, 1.807) is 0 Å². The van der Waals surface area contributed by atoms with Gasteiger partial charge in [-0.3, -0.25) is 0 Å². The van der Waals surface area contributed by atoms with Gasteiger partial charge >= 0.3 is 0 Å². The number of fused-ring (bicyclic) bond motifs is 1. The van der Waals surface area contributed by atoms with Crippen molar-refractivity contribution in [2.45, 2.75) is 63.6 Å². The van der Waals surface area contributed by atoms with Crippen molar-refractivity contribution >= 4 is 0 Å². The van der Waals surface area contributed by atoms with E-state index < -0.39 is 0 Å². The van der Waals surface area contributed by atoms with E-state index in [4.69, 9.17) is 18.9 Å². The zero-order chi connectivity index (χ0) is 12.9. The Balaban J connectivity index is 1.34. The van der Waals surface area contributed by atoms with Crippen molar-refractivity contribution in [3.8, 4) is 0 Å². The Morgan fingerprint density at radius 2 is 1.84 bits per heavy atom. The van der Waals surface area contributed by atoms with Gasteiger partial charge in [0.1, 0.15) is 0 Å². The van der Waals surface area contributed by atoms with Gasteiger partial charge in [0.05, 0.1) is 31.5 Å². The smallest absolute Gasteiger partial charge is 0.160 e. The van der Waals surface area contributed by atoms with Gasteiger partial charge in [0, 0.05) is 17.9 Å². The molecule has 0 amide bonds. The molecule has 0 aromatic carbocycles. The second kappa shape index (κ2) is 4.69. The molecule has 19 heavy (non-hydrogen) atoms. The van der Waals surface area contributed by atoms with Crippen molar-refractivity contribution in [3.63, 3.8) is 0 Å². The highest BCUT2D eigenvalue weighted by Gasteiger charge is 2.48. The van der Waals surface area contributed by atoms with E-state index in [1.807, 2.05) is 0 Å². The van der Waals surface area contributed by atoms with Gasteiger partial charge in [0.15, 0.2) is 6.29 Å². The zero-order valence-corrected chi connectivity index (χ0v) is 11.7. The SMILES string of the molecule is CC1CC2(CCO1)COC(C1CCC3OC3C1)OC2. The van der Waals surface area contributed by atoms with Crippen LogP contribution in [0.1, 0.15) is 39.0 Å². The molecule has 1 aliphatic carbocycles. The maximum atomic E-state index is 6.09. The van der Waals surface area contributed by atoms with Gasteiger partial charge in [-0.25, -0.2) is 0 Å². The number of rotatable bonds is 1. The first-order valence-corrected chi connectivity index (χ1v) is 7.74. The van der Waals surface area contributed by atoms with Gasteiger partial charge in [-0.15, -0.1) is 0 Å². The molecule has 0 aromatic heterocycles. The van der Waals surface area contributed by atoms with Crippen LogP contribution in [0.15, 0.2) is 0 Å². The van der Waals surface area contributed by atoms with Gasteiger partial charge in [-0.1, -0.05) is 0 Å². The van der Waals surface area contributed by atoms with Crippen LogP contribution >= 0.6 is 0 Å². The van der Waals surface area contributed by atoms with Gasteiger partial charge < -0.3 is 18.9 Å². The topological polar surface area (TPSA) is 40.2 Å². The fraction of sp³-hybridized carbons (Fsp3) is 1.00. The second-order valence-electron chi connectivity index (χ2n) is 6.91. The van der Waals surface area contributed by atoms with Gasteiger partial charge in [0.2, 0.25) is 0 Å². The van der Waals surface area contributed by atoms with Crippen LogP contribution < -0.4 is 0 Å². The normalized spacial score (nSPS) is 53.8. The van der Waals surface area contributed by atoms with Gasteiger partial charge in [-0.05, 0) is 39.0 Å². The molecule has 4 unspecified atom stereocenters. The average molecular weight is 268 g/mol. The molecular formula is C15H24O4. The molecule has 1 saturated carbocycles. The molecule has 3 saturated heterocycles. The number of ether oxygens (including phenoxy) is 4. The number of hydrogen-bond donors (Lipinski definition) is 0. The lowest BCUT2D eigenvalue weighted by molar-refractivity contribution is -0.268. The maximum absolute atomic E-state index is 6.09. The van der Waals surface area contributed by atoms with E-state index in [0.717, 1.165) is 39.1 Å². The largest absolute Gasteiger partial charge is 0.378 e. The molecular weight excluding hydrogens is 244 g/mol. The highest BCUT2D eigenvalue weighted by atomic mass is 16.7. The van der Waals surface area contributed by atoms with Crippen LogP contribution in [0, 0.1) is 11.3 Å². The van der Waals surface area contributed by atoms with Crippen molar-refractivity contribution in [1.29, 1.82) is 0 Å². The standard InChI is InChI=1S/C15H24O4/c1-10-7-15(4-5-16-10)8-17-14(18-9-15)11-2-3-12-13(6-11)19-12/h10-14H,2-9H2,1H3. The Hall–Kier alpha value is -0.160. The molecule has 1 spiro atoms. The van der Waals surface area contributed by atoms with Gasteiger partial charge in [0.25, 0.3) is 0 Å². The zero-order valence-electron chi connectivity index (χ0n) is 11.7. The summed E-state index contributed by atoms with van der Waals surface area (Å²) in [6.07, 6.45) is 7.06. The summed E-state index contributed by atoms with van der Waals surface area (Å²) >= 11 is 0. The molecule has 4 heteroatoms. The van der Waals surface area contributed by atoms with Gasteiger partial charge in [-0.2, -0.15) is 0 Å². The summed E-state index contributed by atoms with van der Waals surface area (Å²) in [5, 5.41) is 0. The van der Waals surface area contributed by atoms with Crippen LogP contribution in [0.4, 0.5) is 0 Å². The highest BCUT2D eigenvalue weighted by Crippen LogP contribution is 2.44. The number of epoxide rings is 1. The second-order valence-corrected chi connectivity index (χ2v) is 6.91. The minimum absolute atomic E-state index is 0.00826. The Morgan fingerprint density at radius 1 is 1.00 bits per heavy atom. The summed E-state index contributed by atoms with van der Waals surface area (Å²) in [7, 11) is 0. The van der Waals surface area contributed by atoms with E-state index in [9.17, 15) is 0 Å². The third-order valence-corrected chi connectivity index (χ3v) is 5.29. The summed E-state index contributed by atoms with van der Waals surface area (Å²) in [5.74, 6) is 0.540. The van der Waals surface area contributed by atoms with Crippen molar-refractivity contribution in [3.05, 3.63) is 0 Å². The molecule has 0 aromatic rings. The van der Waals surface area contributed by atoms with E-state index in [-0.39, 0.29) is 11.7 Å². The molecule has 3 aliphatic heterocycles. The fourth-order valence-corrected chi connectivity index (χ4v) is 4.07. The Bertz CT molecular complexity index is 337. The Morgan fingerprint density at radius 3 is 2.58 bits per heavy atom. The first kappa shape index (κ1) is 12.6. The molecule has 0 N–H and O–H groups in total. The van der Waals surface area contributed by atoms with Crippen molar-refractivity contribution in [1.82, 2.24) is 0 Å². The van der Waals surface area contributed by atoms with Crippen LogP contribution in [-0.4, -0.2) is 44.4 Å².